The second-order valence-corrected chi connectivity index (χ2v) is 15.1. The highest BCUT2D eigenvalue weighted by atomic mass is 32.2. The van der Waals surface area contributed by atoms with Crippen molar-refractivity contribution in [2.75, 3.05) is 13.2 Å². The number of nitrogens with two attached hydrogens (primary N) is 1. The van der Waals surface area contributed by atoms with Gasteiger partial charge < -0.3 is 20.1 Å². The van der Waals surface area contributed by atoms with Crippen LogP contribution in [-0.4, -0.2) is 27.5 Å². The molecule has 2 heterocycles. The summed E-state index contributed by atoms with van der Waals surface area (Å²) in [7, 11) is -2.96. The zero-order chi connectivity index (χ0) is 37.6. The van der Waals surface area contributed by atoms with E-state index in [1.807, 2.05) is 18.2 Å². The third-order valence-corrected chi connectivity index (χ3v) is 10.9. The highest BCUT2D eigenvalue weighted by molar-refractivity contribution is 7.92. The van der Waals surface area contributed by atoms with Crippen LogP contribution in [0.3, 0.4) is 0 Å². The maximum atomic E-state index is 11.1. The van der Waals surface area contributed by atoms with Crippen molar-refractivity contribution in [3.8, 4) is 29.4 Å². The van der Waals surface area contributed by atoms with Gasteiger partial charge in [0, 0.05) is 6.42 Å². The van der Waals surface area contributed by atoms with Gasteiger partial charge >= 0.3 is 0 Å². The van der Waals surface area contributed by atoms with E-state index >= 15 is 0 Å². The van der Waals surface area contributed by atoms with Crippen LogP contribution in [0.25, 0.3) is 0 Å². The van der Waals surface area contributed by atoms with E-state index in [1.165, 1.54) is 75.8 Å². The lowest BCUT2D eigenvalue weighted by molar-refractivity contribution is 0.258. The number of fused-ring (bicyclic) bond motifs is 2. The van der Waals surface area contributed by atoms with E-state index in [4.69, 9.17) is 25.3 Å². The predicted octanol–water partition coefficient (Wildman–Crippen LogP) is 10.1. The number of rotatable bonds is 22. The van der Waals surface area contributed by atoms with E-state index in [0.29, 0.717) is 40.0 Å². The molecule has 0 amide bonds. The molecule has 0 unspecified atom stereocenters. The third kappa shape index (κ3) is 13.5. The number of benzene rings is 3. The van der Waals surface area contributed by atoms with Gasteiger partial charge in [-0.05, 0) is 92.6 Å². The minimum atomic E-state index is -2.96. The summed E-state index contributed by atoms with van der Waals surface area (Å²) in [6.07, 6.45) is 18.0. The van der Waals surface area contributed by atoms with Gasteiger partial charge in [0.2, 0.25) is 15.7 Å². The third-order valence-electron chi connectivity index (χ3n) is 9.00. The average molecular weight is 729 g/mol. The Morgan fingerprint density at radius 2 is 1.35 bits per heavy atom. The standard InChI is InChI=1S/C35H50N4O3.C7H6O2S/c1-3-5-7-9-11-15-23-40-33-22-19-29(25-34(33)41-24-16-12-10-8-6-4-2)17-13-14-18-35(39-38)42-32-21-20-30(27-36)31(26-32)28-37;1-5-2-3-6-4-7(5)10(6,8)9/h19-22,25-26H,3-18,23-24,38H2,1-2H3;2-4H,1H3. The predicted molar refractivity (Wildman–Crippen MR) is 206 cm³/mol. The molecule has 0 saturated heterocycles. The number of hydrogen-bond donors (Lipinski definition) is 1. The summed E-state index contributed by atoms with van der Waals surface area (Å²) in [5, 5.41) is 22.1. The average Bonchev–Trinajstić information content (AvgIpc) is 3.15. The smallest absolute Gasteiger partial charge is 0.211 e. The van der Waals surface area contributed by atoms with Gasteiger partial charge in [0.05, 0.1) is 34.1 Å². The Bertz CT molecular complexity index is 1770. The van der Waals surface area contributed by atoms with Crippen molar-refractivity contribution in [1.29, 1.82) is 10.5 Å². The maximum Gasteiger partial charge on any atom is 0.211 e. The highest BCUT2D eigenvalue weighted by Gasteiger charge is 2.29. The second kappa shape index (κ2) is 23.1. The molecule has 0 aromatic heterocycles. The number of hydrogen-bond acceptors (Lipinski definition) is 9. The highest BCUT2D eigenvalue weighted by Crippen LogP contribution is 2.34. The van der Waals surface area contributed by atoms with Gasteiger partial charge in [-0.3, -0.25) is 0 Å². The molecular weight excluding hydrogens is 673 g/mol. The first kappa shape index (κ1) is 41.9. The van der Waals surface area contributed by atoms with Crippen LogP contribution >= 0.6 is 0 Å². The molecule has 2 aliphatic heterocycles. The normalized spacial score (nSPS) is 12.4. The van der Waals surface area contributed by atoms with E-state index in [-0.39, 0.29) is 5.56 Å². The number of hydrazone groups is 1. The van der Waals surface area contributed by atoms with Crippen LogP contribution in [0, 0.1) is 29.6 Å². The van der Waals surface area contributed by atoms with E-state index in [0.717, 1.165) is 55.8 Å². The van der Waals surface area contributed by atoms with E-state index in [9.17, 15) is 13.7 Å². The molecule has 0 fully saturated rings. The zero-order valence-corrected chi connectivity index (χ0v) is 32.1. The molecule has 3 aromatic carbocycles. The lowest BCUT2D eigenvalue weighted by Gasteiger charge is -2.16. The van der Waals surface area contributed by atoms with Gasteiger partial charge in [0.1, 0.15) is 17.9 Å². The van der Waals surface area contributed by atoms with Crippen LogP contribution in [0.4, 0.5) is 0 Å². The lowest BCUT2D eigenvalue weighted by Crippen LogP contribution is -2.13. The van der Waals surface area contributed by atoms with E-state index < -0.39 is 9.84 Å². The summed E-state index contributed by atoms with van der Waals surface area (Å²) >= 11 is 0. The fourth-order valence-electron chi connectivity index (χ4n) is 5.84. The van der Waals surface area contributed by atoms with Crippen LogP contribution in [0.5, 0.6) is 17.2 Å². The molecule has 0 atom stereocenters. The Morgan fingerprint density at radius 1 is 0.712 bits per heavy atom. The molecule has 52 heavy (non-hydrogen) atoms. The Kier molecular flexibility index (Phi) is 18.6. The molecule has 9 nitrogen and oxygen atoms in total. The van der Waals surface area contributed by atoms with Gasteiger partial charge in [0.15, 0.2) is 11.5 Å². The largest absolute Gasteiger partial charge is 0.490 e. The fraction of sp³-hybridized carbons (Fsp3) is 0.500. The van der Waals surface area contributed by atoms with Crippen molar-refractivity contribution in [2.45, 2.75) is 133 Å². The Labute approximate surface area is 311 Å². The minimum absolute atomic E-state index is 0.264. The molecule has 5 rings (SSSR count). The van der Waals surface area contributed by atoms with Gasteiger partial charge in [-0.2, -0.15) is 10.5 Å². The molecule has 3 aromatic rings. The lowest BCUT2D eigenvalue weighted by atomic mass is 10.1. The first-order valence-electron chi connectivity index (χ1n) is 18.9. The fourth-order valence-corrected chi connectivity index (χ4v) is 7.20. The summed E-state index contributed by atoms with van der Waals surface area (Å²) in [4.78, 5) is 0.943. The first-order valence-corrected chi connectivity index (χ1v) is 20.4. The topological polar surface area (TPSA) is 148 Å². The van der Waals surface area contributed by atoms with E-state index in [2.05, 4.69) is 37.1 Å². The molecule has 0 aliphatic carbocycles. The number of nitriles is 2. The Balaban J connectivity index is 0.000000616. The van der Waals surface area contributed by atoms with Crippen molar-refractivity contribution in [3.63, 3.8) is 0 Å². The van der Waals surface area contributed by atoms with Crippen molar-refractivity contribution < 1.29 is 22.6 Å². The van der Waals surface area contributed by atoms with Crippen molar-refractivity contribution in [2.24, 2.45) is 10.9 Å². The summed E-state index contributed by atoms with van der Waals surface area (Å²) in [6.45, 7) is 7.71. The molecule has 280 valence electrons. The minimum Gasteiger partial charge on any atom is -0.490 e. The summed E-state index contributed by atoms with van der Waals surface area (Å²) in [6, 6.07) is 20.2. The molecule has 0 radical (unpaired) electrons. The summed E-state index contributed by atoms with van der Waals surface area (Å²) in [5.74, 6) is 8.08. The first-order chi connectivity index (χ1) is 25.3. The number of aryl methyl sites for hydroxylation is 2. The van der Waals surface area contributed by atoms with Crippen LogP contribution in [0.15, 0.2) is 69.5 Å². The zero-order valence-electron chi connectivity index (χ0n) is 31.3. The van der Waals surface area contributed by atoms with Gasteiger partial charge in [-0.15, -0.1) is 5.10 Å². The maximum absolute atomic E-state index is 11.1. The molecule has 10 heteroatoms. The quantitative estimate of drug-likeness (QED) is 0.0276. The van der Waals surface area contributed by atoms with Gasteiger partial charge in [-0.1, -0.05) is 90.2 Å². The van der Waals surface area contributed by atoms with Crippen LogP contribution in [-0.2, 0) is 16.3 Å². The SMILES string of the molecule is CCCCCCCCOc1ccc(CCCCC(=NN)Oc2ccc(C#N)c(C#N)c2)cc1OCCCCCCCC.Cc1ccc2cc1S2(=O)=O. The van der Waals surface area contributed by atoms with Crippen LogP contribution in [0.1, 0.15) is 132 Å². The van der Waals surface area contributed by atoms with Crippen LogP contribution < -0.4 is 20.1 Å². The molecule has 0 saturated carbocycles. The molecule has 2 bridgehead atoms. The second-order valence-electron chi connectivity index (χ2n) is 13.2. The number of nitrogens with zero attached hydrogens (tertiary/aromatic N) is 3. The van der Waals surface area contributed by atoms with Crippen LogP contribution in [0.2, 0.25) is 0 Å². The number of sulfone groups is 1. The number of ether oxygens (including phenoxy) is 3. The van der Waals surface area contributed by atoms with Crippen molar-refractivity contribution >= 4 is 15.7 Å². The monoisotopic (exact) mass is 728 g/mol. The molecule has 2 N–H and O–H groups in total. The summed E-state index contributed by atoms with van der Waals surface area (Å²) < 4.78 is 40.3. The van der Waals surface area contributed by atoms with Gasteiger partial charge in [-0.25, -0.2) is 8.42 Å². The summed E-state index contributed by atoms with van der Waals surface area (Å²) in [5.41, 5.74) is 2.62. The Hall–Kier alpha value is -4.54. The molecule has 2 aliphatic rings. The molecular formula is C42H56N4O5S. The number of unbranched alkanes of at least 4 members (excludes halogenated alkanes) is 11. The van der Waals surface area contributed by atoms with Crippen molar-refractivity contribution in [3.05, 3.63) is 76.9 Å². The van der Waals surface area contributed by atoms with Crippen molar-refractivity contribution in [1.82, 2.24) is 0 Å². The Morgan fingerprint density at radius 3 is 1.90 bits per heavy atom. The van der Waals surface area contributed by atoms with Gasteiger partial charge in [0.25, 0.3) is 0 Å². The molecule has 0 spiro atoms. The van der Waals surface area contributed by atoms with E-state index in [1.54, 1.807) is 31.2 Å².